The molecule has 2 heterocycles. The van der Waals surface area contributed by atoms with E-state index in [0.29, 0.717) is 25.0 Å². The van der Waals surface area contributed by atoms with Gasteiger partial charge in [0.15, 0.2) is 0 Å². The molecular weight excluding hydrogens is 288 g/mol. The number of hydrogen-bond acceptors (Lipinski definition) is 5. The van der Waals surface area contributed by atoms with Gasteiger partial charge in [0.1, 0.15) is 0 Å². The van der Waals surface area contributed by atoms with Crippen molar-refractivity contribution in [1.29, 1.82) is 0 Å². The van der Waals surface area contributed by atoms with E-state index in [9.17, 15) is 8.42 Å². The molecule has 6 nitrogen and oxygen atoms in total. The van der Waals surface area contributed by atoms with Gasteiger partial charge in [0.05, 0.1) is 6.26 Å². The first kappa shape index (κ1) is 17.1. The van der Waals surface area contributed by atoms with Crippen molar-refractivity contribution in [1.82, 2.24) is 19.0 Å². The Morgan fingerprint density at radius 2 is 1.52 bits per heavy atom. The van der Waals surface area contributed by atoms with Crippen LogP contribution in [0.3, 0.4) is 0 Å². The summed E-state index contributed by atoms with van der Waals surface area (Å²) in [6.45, 7) is 6.27. The van der Waals surface area contributed by atoms with Gasteiger partial charge in [-0.2, -0.15) is 0 Å². The Labute approximate surface area is 129 Å². The monoisotopic (exact) mass is 318 g/mol. The predicted octanol–water partition coefficient (Wildman–Crippen LogP) is -0.554. The molecule has 2 aliphatic rings. The van der Waals surface area contributed by atoms with E-state index >= 15 is 0 Å². The molecule has 124 valence electrons. The molecule has 0 spiro atoms. The standard InChI is InChI=1S/C14H30N4O2S/c1-15-6-5-7-17(3)14(12-15)13-10-16(2)8-9-18(11-13)21(4,19)20/h13-14H,5-12H2,1-4H3. The topological polar surface area (TPSA) is 47.1 Å². The first-order valence-electron chi connectivity index (χ1n) is 7.80. The van der Waals surface area contributed by atoms with Gasteiger partial charge < -0.3 is 14.7 Å². The van der Waals surface area contributed by atoms with Crippen molar-refractivity contribution >= 4 is 10.0 Å². The molecule has 0 aromatic rings. The quantitative estimate of drug-likeness (QED) is 0.683. The van der Waals surface area contributed by atoms with Gasteiger partial charge in [-0.1, -0.05) is 0 Å². The second kappa shape index (κ2) is 6.91. The molecule has 0 amide bonds. The number of nitrogens with zero attached hydrogens (tertiary/aromatic N) is 4. The fraction of sp³-hybridized carbons (Fsp3) is 1.00. The van der Waals surface area contributed by atoms with Crippen molar-refractivity contribution in [2.24, 2.45) is 5.92 Å². The zero-order valence-corrected chi connectivity index (χ0v) is 14.6. The Morgan fingerprint density at radius 1 is 0.857 bits per heavy atom. The third-order valence-electron chi connectivity index (χ3n) is 4.84. The number of hydrogen-bond donors (Lipinski definition) is 0. The maximum absolute atomic E-state index is 12.0. The first-order valence-corrected chi connectivity index (χ1v) is 9.64. The summed E-state index contributed by atoms with van der Waals surface area (Å²) in [6, 6.07) is 0.419. The molecule has 0 N–H and O–H groups in total. The second-order valence-corrected chi connectivity index (χ2v) is 8.79. The summed E-state index contributed by atoms with van der Waals surface area (Å²) < 4.78 is 25.6. The van der Waals surface area contributed by atoms with Crippen LogP contribution in [0.25, 0.3) is 0 Å². The molecule has 0 aromatic heterocycles. The minimum atomic E-state index is -3.11. The third kappa shape index (κ3) is 4.63. The molecule has 2 fully saturated rings. The summed E-state index contributed by atoms with van der Waals surface area (Å²) in [6.07, 6.45) is 2.51. The third-order valence-corrected chi connectivity index (χ3v) is 6.11. The molecule has 2 unspecified atom stereocenters. The van der Waals surface area contributed by atoms with Gasteiger partial charge in [-0.25, -0.2) is 12.7 Å². The highest BCUT2D eigenvalue weighted by Gasteiger charge is 2.34. The SMILES string of the molecule is CN1CCN(S(C)(=O)=O)CC(C2CN(C)CCCN2C)C1. The Hall–Kier alpha value is -0.210. The van der Waals surface area contributed by atoms with Crippen LogP contribution in [-0.2, 0) is 10.0 Å². The van der Waals surface area contributed by atoms with Gasteiger partial charge in [0, 0.05) is 44.7 Å². The molecule has 7 heteroatoms. The van der Waals surface area contributed by atoms with Gasteiger partial charge >= 0.3 is 0 Å². The molecule has 2 atom stereocenters. The van der Waals surface area contributed by atoms with Crippen LogP contribution in [0, 0.1) is 5.92 Å². The van der Waals surface area contributed by atoms with E-state index in [1.165, 1.54) is 12.7 Å². The van der Waals surface area contributed by atoms with E-state index < -0.39 is 10.0 Å². The number of sulfonamides is 1. The molecule has 2 aliphatic heterocycles. The summed E-state index contributed by atoms with van der Waals surface area (Å²) in [5, 5.41) is 0. The fourth-order valence-electron chi connectivity index (χ4n) is 3.54. The smallest absolute Gasteiger partial charge is 0.211 e. The summed E-state index contributed by atoms with van der Waals surface area (Å²) in [5.74, 6) is 0.359. The zero-order chi connectivity index (χ0) is 15.6. The van der Waals surface area contributed by atoms with Gasteiger partial charge in [-0.15, -0.1) is 0 Å². The first-order chi connectivity index (χ1) is 9.77. The largest absolute Gasteiger partial charge is 0.305 e. The lowest BCUT2D eigenvalue weighted by Gasteiger charge is -2.36. The lowest BCUT2D eigenvalue weighted by Crippen LogP contribution is -2.49. The van der Waals surface area contributed by atoms with Crippen molar-refractivity contribution in [3.8, 4) is 0 Å². The van der Waals surface area contributed by atoms with Crippen LogP contribution in [0.4, 0.5) is 0 Å². The molecule has 0 bridgehead atoms. The van der Waals surface area contributed by atoms with E-state index in [2.05, 4.69) is 35.8 Å². The van der Waals surface area contributed by atoms with Gasteiger partial charge in [0.25, 0.3) is 0 Å². The van der Waals surface area contributed by atoms with Gasteiger partial charge in [-0.05, 0) is 40.7 Å². The predicted molar refractivity (Wildman–Crippen MR) is 85.9 cm³/mol. The summed E-state index contributed by atoms with van der Waals surface area (Å²) in [5.41, 5.74) is 0. The summed E-state index contributed by atoms with van der Waals surface area (Å²) in [4.78, 5) is 7.08. The minimum Gasteiger partial charge on any atom is -0.305 e. The molecule has 2 rings (SSSR count). The lowest BCUT2D eigenvalue weighted by molar-refractivity contribution is 0.135. The van der Waals surface area contributed by atoms with Crippen LogP contribution in [-0.4, -0.2) is 107 Å². The maximum Gasteiger partial charge on any atom is 0.211 e. The van der Waals surface area contributed by atoms with Crippen molar-refractivity contribution in [3.63, 3.8) is 0 Å². The molecular formula is C14H30N4O2S. The van der Waals surface area contributed by atoms with Gasteiger partial charge in [0.2, 0.25) is 10.0 Å². The average molecular weight is 318 g/mol. The average Bonchev–Trinajstić information content (AvgIpc) is 2.65. The number of likely N-dealkylation sites (N-methyl/N-ethyl adjacent to an activating group) is 3. The van der Waals surface area contributed by atoms with Crippen LogP contribution in [0.15, 0.2) is 0 Å². The van der Waals surface area contributed by atoms with E-state index in [4.69, 9.17) is 0 Å². The maximum atomic E-state index is 12.0. The van der Waals surface area contributed by atoms with Crippen molar-refractivity contribution in [2.45, 2.75) is 12.5 Å². The van der Waals surface area contributed by atoms with Crippen LogP contribution >= 0.6 is 0 Å². The Kier molecular flexibility index (Phi) is 5.65. The summed E-state index contributed by atoms with van der Waals surface area (Å²) >= 11 is 0. The molecule has 0 aromatic carbocycles. The van der Waals surface area contributed by atoms with Crippen molar-refractivity contribution in [2.75, 3.05) is 73.2 Å². The summed E-state index contributed by atoms with van der Waals surface area (Å²) in [7, 11) is 3.33. The van der Waals surface area contributed by atoms with Crippen LogP contribution < -0.4 is 0 Å². The normalized spacial score (nSPS) is 32.8. The molecule has 21 heavy (non-hydrogen) atoms. The second-order valence-electron chi connectivity index (χ2n) is 6.81. The molecule has 0 radical (unpaired) electrons. The fourth-order valence-corrected chi connectivity index (χ4v) is 4.42. The van der Waals surface area contributed by atoms with Crippen molar-refractivity contribution in [3.05, 3.63) is 0 Å². The Bertz CT molecular complexity index is 442. The molecule has 0 saturated carbocycles. The highest BCUT2D eigenvalue weighted by molar-refractivity contribution is 7.88. The lowest BCUT2D eigenvalue weighted by atomic mass is 9.97. The molecule has 0 aliphatic carbocycles. The molecule has 2 saturated heterocycles. The highest BCUT2D eigenvalue weighted by atomic mass is 32.2. The van der Waals surface area contributed by atoms with E-state index in [1.807, 2.05) is 0 Å². The van der Waals surface area contributed by atoms with Crippen LogP contribution in [0.2, 0.25) is 0 Å². The zero-order valence-electron chi connectivity index (χ0n) is 13.8. The van der Waals surface area contributed by atoms with E-state index in [-0.39, 0.29) is 0 Å². The minimum absolute atomic E-state index is 0.359. The van der Waals surface area contributed by atoms with Crippen LogP contribution in [0.1, 0.15) is 6.42 Å². The van der Waals surface area contributed by atoms with E-state index in [0.717, 1.165) is 32.7 Å². The van der Waals surface area contributed by atoms with E-state index in [1.54, 1.807) is 4.31 Å². The highest BCUT2D eigenvalue weighted by Crippen LogP contribution is 2.21. The van der Waals surface area contributed by atoms with Crippen LogP contribution in [0.5, 0.6) is 0 Å². The Balaban J connectivity index is 2.17. The Morgan fingerprint density at radius 3 is 2.19 bits per heavy atom. The number of rotatable bonds is 2. The van der Waals surface area contributed by atoms with Gasteiger partial charge in [-0.3, -0.25) is 0 Å². The van der Waals surface area contributed by atoms with Crippen molar-refractivity contribution < 1.29 is 8.42 Å².